The number of benzene rings is 3. The Morgan fingerprint density at radius 2 is 1.72 bits per heavy atom. The molecule has 1 aliphatic rings. The molecule has 1 amide bonds. The Morgan fingerprint density at radius 3 is 2.40 bits per heavy atom. The van der Waals surface area contributed by atoms with Crippen LogP contribution in [0.1, 0.15) is 60.4 Å². The van der Waals surface area contributed by atoms with E-state index < -0.39 is 23.1 Å². The molecule has 0 spiro atoms. The van der Waals surface area contributed by atoms with Gasteiger partial charge in [-0.05, 0) is 55.7 Å². The summed E-state index contributed by atoms with van der Waals surface area (Å²) in [6, 6.07) is 25.0. The molecule has 10 heteroatoms. The van der Waals surface area contributed by atoms with E-state index in [-0.39, 0.29) is 29.7 Å². The maximum Gasteiger partial charge on any atom is 0.374 e. The van der Waals surface area contributed by atoms with Gasteiger partial charge in [0.15, 0.2) is 0 Å². The highest BCUT2D eigenvalue weighted by Gasteiger charge is 2.28. The van der Waals surface area contributed by atoms with Crippen molar-refractivity contribution in [1.29, 1.82) is 0 Å². The number of ether oxygens (including phenoxy) is 1. The van der Waals surface area contributed by atoms with E-state index in [2.05, 4.69) is 27.9 Å². The van der Waals surface area contributed by atoms with Crippen molar-refractivity contribution in [1.82, 2.24) is 4.57 Å². The number of anilines is 2. The first-order valence-corrected chi connectivity index (χ1v) is 15.3. The molecular weight excluding hydrogens is 564 g/mol. The standard InChI is InChI=1S/C33H34N4O5S/c1-4-11-26-20-28-22(3)34-30(33(39)42-5-2)35-31(28)36(26)21-23-16-18-24(19-17-23)27-14-9-10-15-29(27)37(43(40)41)32(38)25-12-7-6-8-13-25/h6-10,12-20,22H,4-5,11,21H2,1-3H3,(H,34,35)(H,40,41)/p-1. The van der Waals surface area contributed by atoms with Gasteiger partial charge in [-0.3, -0.25) is 14.0 Å². The summed E-state index contributed by atoms with van der Waals surface area (Å²) >= 11 is -2.83. The van der Waals surface area contributed by atoms with Crippen LogP contribution in [0.25, 0.3) is 11.1 Å². The average Bonchev–Trinajstić information content (AvgIpc) is 3.35. The number of nitrogens with one attached hydrogen (secondary N) is 1. The molecule has 0 radical (unpaired) electrons. The second-order valence-corrected chi connectivity index (χ2v) is 11.0. The van der Waals surface area contributed by atoms with Gasteiger partial charge in [0.25, 0.3) is 5.91 Å². The number of carbonyl (C=O) groups excluding carboxylic acids is 2. The van der Waals surface area contributed by atoms with E-state index in [1.54, 1.807) is 55.5 Å². The van der Waals surface area contributed by atoms with Crippen LogP contribution in [0.3, 0.4) is 0 Å². The Kier molecular flexibility index (Phi) is 9.18. The van der Waals surface area contributed by atoms with Crippen molar-refractivity contribution < 1.29 is 23.1 Å². The number of carbonyl (C=O) groups is 2. The molecule has 9 nitrogen and oxygen atoms in total. The smallest absolute Gasteiger partial charge is 0.374 e. The lowest BCUT2D eigenvalue weighted by molar-refractivity contribution is -0.135. The zero-order valence-corrected chi connectivity index (χ0v) is 25.1. The normalized spacial score (nSPS) is 14.7. The van der Waals surface area contributed by atoms with Gasteiger partial charge in [-0.15, -0.1) is 0 Å². The van der Waals surface area contributed by atoms with E-state index in [9.17, 15) is 18.4 Å². The van der Waals surface area contributed by atoms with Gasteiger partial charge in [-0.2, -0.15) is 0 Å². The molecular formula is C33H33N4O5S-. The molecule has 2 unspecified atom stereocenters. The van der Waals surface area contributed by atoms with E-state index in [1.807, 2.05) is 37.3 Å². The number of esters is 1. The number of amides is 1. The number of rotatable bonds is 10. The summed E-state index contributed by atoms with van der Waals surface area (Å²) in [5.41, 5.74) is 5.09. The Hall–Kier alpha value is -4.54. The largest absolute Gasteiger partial charge is 0.755 e. The lowest BCUT2D eigenvalue weighted by Crippen LogP contribution is -2.33. The first-order chi connectivity index (χ1) is 20.8. The van der Waals surface area contributed by atoms with Crippen molar-refractivity contribution in [2.75, 3.05) is 16.2 Å². The van der Waals surface area contributed by atoms with Gasteiger partial charge in [0, 0.05) is 28.9 Å². The zero-order chi connectivity index (χ0) is 30.5. The van der Waals surface area contributed by atoms with Crippen LogP contribution in [0.5, 0.6) is 0 Å². The maximum absolute atomic E-state index is 13.2. The van der Waals surface area contributed by atoms with E-state index in [0.717, 1.165) is 45.3 Å². The SMILES string of the molecule is CCCc1cc2c(n1Cc1ccc(-c3ccccc3N(C(=O)c3ccccc3)S(=O)[O-])cc1)NC(C(=O)OCC)=NC2C. The summed E-state index contributed by atoms with van der Waals surface area (Å²) in [7, 11) is 0. The summed E-state index contributed by atoms with van der Waals surface area (Å²) in [5, 5.41) is 3.21. The molecule has 1 aromatic heterocycles. The van der Waals surface area contributed by atoms with E-state index in [4.69, 9.17) is 4.74 Å². The predicted molar refractivity (Wildman–Crippen MR) is 168 cm³/mol. The van der Waals surface area contributed by atoms with Gasteiger partial charge in [0.2, 0.25) is 5.84 Å². The van der Waals surface area contributed by atoms with Gasteiger partial charge in [-0.1, -0.05) is 74.0 Å². The van der Waals surface area contributed by atoms with Gasteiger partial charge in [0.05, 0.1) is 29.6 Å². The Morgan fingerprint density at radius 1 is 1.02 bits per heavy atom. The van der Waals surface area contributed by atoms with E-state index in [1.165, 1.54) is 0 Å². The first-order valence-electron chi connectivity index (χ1n) is 14.2. The van der Waals surface area contributed by atoms with Crippen LogP contribution in [0, 0.1) is 0 Å². The molecule has 0 saturated heterocycles. The molecule has 0 aliphatic carbocycles. The monoisotopic (exact) mass is 597 g/mol. The Labute approximate surface area is 253 Å². The fraction of sp³-hybridized carbons (Fsp3) is 0.242. The topological polar surface area (TPSA) is 116 Å². The summed E-state index contributed by atoms with van der Waals surface area (Å²) in [4.78, 5) is 30.2. The van der Waals surface area contributed by atoms with E-state index in [0.29, 0.717) is 12.1 Å². The number of hydrogen-bond acceptors (Lipinski definition) is 7. The molecule has 0 saturated carbocycles. The molecule has 3 aromatic carbocycles. The third-order valence-corrected chi connectivity index (χ3v) is 7.94. The average molecular weight is 598 g/mol. The summed E-state index contributed by atoms with van der Waals surface area (Å²) < 4.78 is 32.8. The maximum atomic E-state index is 13.2. The number of hydrogen-bond donors (Lipinski definition) is 1. The van der Waals surface area contributed by atoms with E-state index >= 15 is 0 Å². The lowest BCUT2D eigenvalue weighted by atomic mass is 10.0. The zero-order valence-electron chi connectivity index (χ0n) is 24.3. The fourth-order valence-electron chi connectivity index (χ4n) is 5.26. The van der Waals surface area contributed by atoms with Gasteiger partial charge in [0.1, 0.15) is 5.82 Å². The fourth-order valence-corrected chi connectivity index (χ4v) is 5.82. The number of aliphatic imine (C=N–C) groups is 1. The van der Waals surface area contributed by atoms with Crippen LogP contribution in [-0.4, -0.2) is 37.6 Å². The molecule has 0 fully saturated rings. The number of para-hydroxylation sites is 1. The highest BCUT2D eigenvalue weighted by molar-refractivity contribution is 7.81. The van der Waals surface area contributed by atoms with Crippen molar-refractivity contribution in [3.8, 4) is 11.1 Å². The minimum absolute atomic E-state index is 0.195. The van der Waals surface area contributed by atoms with Crippen LogP contribution in [0.15, 0.2) is 89.9 Å². The number of aryl methyl sites for hydroxylation is 1. The minimum Gasteiger partial charge on any atom is -0.755 e. The minimum atomic E-state index is -2.83. The first kappa shape index (κ1) is 29.9. The lowest BCUT2D eigenvalue weighted by Gasteiger charge is -2.26. The third-order valence-electron chi connectivity index (χ3n) is 7.28. The van der Waals surface area contributed by atoms with Crippen LogP contribution in [0.4, 0.5) is 11.5 Å². The van der Waals surface area contributed by atoms with Crippen LogP contribution in [0.2, 0.25) is 0 Å². The molecule has 4 aromatic rings. The quantitative estimate of drug-likeness (QED) is 0.176. The summed E-state index contributed by atoms with van der Waals surface area (Å²) in [6.45, 7) is 6.67. The van der Waals surface area contributed by atoms with Crippen LogP contribution >= 0.6 is 0 Å². The second kappa shape index (κ2) is 13.2. The number of aromatic nitrogens is 1. The van der Waals surface area contributed by atoms with Crippen molar-refractivity contribution in [3.05, 3.63) is 107 Å². The van der Waals surface area contributed by atoms with Crippen molar-refractivity contribution in [2.24, 2.45) is 4.99 Å². The number of amidine groups is 1. The number of fused-ring (bicyclic) bond motifs is 1. The number of nitrogens with zero attached hydrogens (tertiary/aromatic N) is 3. The van der Waals surface area contributed by atoms with Crippen molar-refractivity contribution in [3.63, 3.8) is 0 Å². The Balaban J connectivity index is 1.45. The van der Waals surface area contributed by atoms with Crippen molar-refractivity contribution in [2.45, 2.75) is 46.2 Å². The van der Waals surface area contributed by atoms with Gasteiger partial charge < -0.3 is 19.2 Å². The molecule has 2 heterocycles. The molecule has 0 bridgehead atoms. The molecule has 5 rings (SSSR count). The van der Waals surface area contributed by atoms with Crippen LogP contribution < -0.4 is 9.62 Å². The molecule has 1 N–H and O–H groups in total. The molecule has 43 heavy (non-hydrogen) atoms. The third kappa shape index (κ3) is 6.30. The highest BCUT2D eigenvalue weighted by Crippen LogP contribution is 2.36. The Bertz CT molecular complexity index is 1680. The molecule has 2 atom stereocenters. The van der Waals surface area contributed by atoms with Gasteiger partial charge >= 0.3 is 5.97 Å². The highest BCUT2D eigenvalue weighted by atomic mass is 32.2. The molecule has 1 aliphatic heterocycles. The predicted octanol–water partition coefficient (Wildman–Crippen LogP) is 6.04. The van der Waals surface area contributed by atoms with Crippen LogP contribution in [-0.2, 0) is 33.8 Å². The second-order valence-electron chi connectivity index (χ2n) is 10.2. The summed E-state index contributed by atoms with van der Waals surface area (Å²) in [6.07, 6.45) is 1.82. The summed E-state index contributed by atoms with van der Waals surface area (Å²) in [5.74, 6) is -0.0871. The molecule has 222 valence electrons. The van der Waals surface area contributed by atoms with Gasteiger partial charge in [-0.25, -0.2) is 9.10 Å². The van der Waals surface area contributed by atoms with Crippen molar-refractivity contribution >= 4 is 40.5 Å².